The molecule has 0 bridgehead atoms. The molecule has 26 heavy (non-hydrogen) atoms. The third-order valence-corrected chi connectivity index (χ3v) is 7.60. The summed E-state index contributed by atoms with van der Waals surface area (Å²) in [6.45, 7) is 6.62. The van der Waals surface area contributed by atoms with Gasteiger partial charge in [-0.1, -0.05) is 25.8 Å². The Hall–Kier alpha value is -1.40. The number of carbonyl (C=O) groups excluding carboxylic acids is 1. The minimum Gasteiger partial charge on any atom is -0.338 e. The molecule has 1 amide bonds. The summed E-state index contributed by atoms with van der Waals surface area (Å²) in [4.78, 5) is 15.0. The van der Waals surface area contributed by atoms with Crippen molar-refractivity contribution in [1.82, 2.24) is 9.21 Å². The molecule has 0 aliphatic carbocycles. The fourth-order valence-electron chi connectivity index (χ4n) is 3.99. The van der Waals surface area contributed by atoms with Crippen molar-refractivity contribution in [1.29, 1.82) is 0 Å². The molecular weight excluding hydrogens is 348 g/mol. The van der Waals surface area contributed by atoms with E-state index in [0.29, 0.717) is 30.1 Å². The second-order valence-corrected chi connectivity index (χ2v) is 9.70. The third-order valence-electron chi connectivity index (χ3n) is 5.56. The monoisotopic (exact) mass is 378 g/mol. The molecule has 3 rings (SSSR count). The number of benzene rings is 1. The molecule has 144 valence electrons. The van der Waals surface area contributed by atoms with Gasteiger partial charge in [0.1, 0.15) is 0 Å². The van der Waals surface area contributed by atoms with Gasteiger partial charge in [0.25, 0.3) is 5.91 Å². The van der Waals surface area contributed by atoms with E-state index in [4.69, 9.17) is 0 Å². The van der Waals surface area contributed by atoms with Crippen molar-refractivity contribution in [2.24, 2.45) is 5.92 Å². The van der Waals surface area contributed by atoms with Gasteiger partial charge < -0.3 is 4.90 Å². The number of nitrogens with zero attached hydrogens (tertiary/aromatic N) is 2. The number of likely N-dealkylation sites (tertiary alicyclic amines) is 1. The van der Waals surface area contributed by atoms with Gasteiger partial charge in [-0.15, -0.1) is 0 Å². The Kier molecular flexibility index (Phi) is 6.03. The summed E-state index contributed by atoms with van der Waals surface area (Å²) in [6.07, 6.45) is 6.13. The van der Waals surface area contributed by atoms with Crippen molar-refractivity contribution in [2.75, 3.05) is 26.2 Å². The number of hydrogen-bond donors (Lipinski definition) is 0. The summed E-state index contributed by atoms with van der Waals surface area (Å²) < 4.78 is 27.9. The van der Waals surface area contributed by atoms with E-state index in [2.05, 4.69) is 6.92 Å². The van der Waals surface area contributed by atoms with Crippen LogP contribution in [0.15, 0.2) is 23.1 Å². The zero-order valence-electron chi connectivity index (χ0n) is 15.9. The second-order valence-electron chi connectivity index (χ2n) is 7.80. The van der Waals surface area contributed by atoms with Crippen molar-refractivity contribution in [3.05, 3.63) is 29.3 Å². The molecule has 0 spiro atoms. The van der Waals surface area contributed by atoms with Crippen LogP contribution in [0, 0.1) is 12.8 Å². The smallest absolute Gasteiger partial charge is 0.253 e. The number of amides is 1. The van der Waals surface area contributed by atoms with Gasteiger partial charge in [-0.05, 0) is 56.2 Å². The quantitative estimate of drug-likeness (QED) is 0.810. The standard InChI is InChI=1S/C20H30N2O3S/c1-16-8-7-11-21(15-16)20(23)18-10-9-17(2)19(14-18)26(24,25)22-12-5-3-4-6-13-22/h9-10,14,16H,3-8,11-13,15H2,1-2H3/t16-/m0/s1. The molecule has 0 aromatic heterocycles. The van der Waals surface area contributed by atoms with E-state index >= 15 is 0 Å². The lowest BCUT2D eigenvalue weighted by Crippen LogP contribution is -2.39. The molecule has 1 atom stereocenters. The molecule has 2 saturated heterocycles. The van der Waals surface area contributed by atoms with Gasteiger partial charge in [-0.25, -0.2) is 8.42 Å². The Morgan fingerprint density at radius 3 is 2.38 bits per heavy atom. The molecule has 1 aromatic rings. The van der Waals surface area contributed by atoms with Crippen molar-refractivity contribution in [3.63, 3.8) is 0 Å². The Morgan fingerprint density at radius 1 is 1.04 bits per heavy atom. The fraction of sp³-hybridized carbons (Fsp3) is 0.650. The highest BCUT2D eigenvalue weighted by Gasteiger charge is 2.29. The van der Waals surface area contributed by atoms with Crippen LogP contribution >= 0.6 is 0 Å². The lowest BCUT2D eigenvalue weighted by atomic mass is 9.99. The van der Waals surface area contributed by atoms with Crippen molar-refractivity contribution in [2.45, 2.75) is 57.3 Å². The number of carbonyl (C=O) groups is 1. The maximum absolute atomic E-state index is 13.2. The first-order valence-electron chi connectivity index (χ1n) is 9.79. The first-order valence-corrected chi connectivity index (χ1v) is 11.2. The van der Waals surface area contributed by atoms with Crippen LogP contribution in [0.5, 0.6) is 0 Å². The molecular formula is C20H30N2O3S. The molecule has 0 radical (unpaired) electrons. The van der Waals surface area contributed by atoms with Gasteiger partial charge in [-0.2, -0.15) is 4.31 Å². The van der Waals surface area contributed by atoms with Crippen LogP contribution in [0.3, 0.4) is 0 Å². The normalized spacial score (nSPS) is 22.8. The summed E-state index contributed by atoms with van der Waals surface area (Å²) >= 11 is 0. The lowest BCUT2D eigenvalue weighted by molar-refractivity contribution is 0.0683. The molecule has 2 fully saturated rings. The zero-order chi connectivity index (χ0) is 18.7. The number of rotatable bonds is 3. The summed E-state index contributed by atoms with van der Waals surface area (Å²) in [6, 6.07) is 5.13. The third kappa shape index (κ3) is 4.12. The first-order chi connectivity index (χ1) is 12.4. The van der Waals surface area contributed by atoms with Gasteiger partial charge in [0.15, 0.2) is 0 Å². The van der Waals surface area contributed by atoms with E-state index in [0.717, 1.165) is 51.6 Å². The van der Waals surface area contributed by atoms with E-state index in [-0.39, 0.29) is 10.8 Å². The van der Waals surface area contributed by atoms with Gasteiger partial charge in [-0.3, -0.25) is 4.79 Å². The predicted molar refractivity (Wildman–Crippen MR) is 103 cm³/mol. The Balaban J connectivity index is 1.88. The average Bonchev–Trinajstić information content (AvgIpc) is 2.91. The molecule has 0 saturated carbocycles. The van der Waals surface area contributed by atoms with Crippen LogP contribution in [0.25, 0.3) is 0 Å². The highest BCUT2D eigenvalue weighted by Crippen LogP contribution is 2.25. The molecule has 0 unspecified atom stereocenters. The number of piperidine rings is 1. The van der Waals surface area contributed by atoms with Gasteiger partial charge in [0.05, 0.1) is 4.90 Å². The van der Waals surface area contributed by atoms with Crippen LogP contribution in [0.1, 0.15) is 61.4 Å². The summed E-state index contributed by atoms with van der Waals surface area (Å²) in [5.74, 6) is 0.447. The van der Waals surface area contributed by atoms with Gasteiger partial charge in [0.2, 0.25) is 10.0 Å². The SMILES string of the molecule is Cc1ccc(C(=O)N2CCC[C@H](C)C2)cc1S(=O)(=O)N1CCCCCC1. The Labute approximate surface area is 157 Å². The number of aryl methyl sites for hydroxylation is 1. The minimum atomic E-state index is -3.55. The zero-order valence-corrected chi connectivity index (χ0v) is 16.7. The highest BCUT2D eigenvalue weighted by atomic mass is 32.2. The molecule has 2 aliphatic rings. The highest BCUT2D eigenvalue weighted by molar-refractivity contribution is 7.89. The predicted octanol–water partition coefficient (Wildman–Crippen LogP) is 3.43. The molecule has 6 heteroatoms. The topological polar surface area (TPSA) is 57.7 Å². The fourth-order valence-corrected chi connectivity index (χ4v) is 5.76. The second kappa shape index (κ2) is 8.09. The lowest BCUT2D eigenvalue weighted by Gasteiger charge is -2.31. The number of hydrogen-bond acceptors (Lipinski definition) is 3. The van der Waals surface area contributed by atoms with E-state index in [1.54, 1.807) is 22.5 Å². The van der Waals surface area contributed by atoms with Gasteiger partial charge >= 0.3 is 0 Å². The van der Waals surface area contributed by atoms with Crippen LogP contribution in [0.2, 0.25) is 0 Å². The molecule has 5 nitrogen and oxygen atoms in total. The van der Waals surface area contributed by atoms with E-state index in [1.165, 1.54) is 0 Å². The minimum absolute atomic E-state index is 0.0520. The van der Waals surface area contributed by atoms with E-state index in [9.17, 15) is 13.2 Å². The van der Waals surface area contributed by atoms with Crippen molar-refractivity contribution in [3.8, 4) is 0 Å². The first kappa shape index (κ1) is 19.4. The van der Waals surface area contributed by atoms with Crippen LogP contribution < -0.4 is 0 Å². The molecule has 2 aliphatic heterocycles. The maximum atomic E-state index is 13.2. The van der Waals surface area contributed by atoms with Gasteiger partial charge in [0, 0.05) is 31.7 Å². The average molecular weight is 379 g/mol. The molecule has 2 heterocycles. The Bertz CT molecular complexity index is 752. The molecule has 0 N–H and O–H groups in total. The van der Waals surface area contributed by atoms with E-state index in [1.807, 2.05) is 11.8 Å². The molecule has 1 aromatic carbocycles. The van der Waals surface area contributed by atoms with Crippen LogP contribution in [-0.4, -0.2) is 49.7 Å². The maximum Gasteiger partial charge on any atom is 0.253 e. The number of sulfonamides is 1. The van der Waals surface area contributed by atoms with E-state index < -0.39 is 10.0 Å². The Morgan fingerprint density at radius 2 is 1.73 bits per heavy atom. The van der Waals surface area contributed by atoms with Crippen molar-refractivity contribution >= 4 is 15.9 Å². The summed E-state index contributed by atoms with van der Waals surface area (Å²) in [5.41, 5.74) is 1.19. The summed E-state index contributed by atoms with van der Waals surface area (Å²) in [7, 11) is -3.55. The van der Waals surface area contributed by atoms with Crippen LogP contribution in [0.4, 0.5) is 0 Å². The van der Waals surface area contributed by atoms with Crippen LogP contribution in [-0.2, 0) is 10.0 Å². The summed E-state index contributed by atoms with van der Waals surface area (Å²) in [5, 5.41) is 0. The largest absolute Gasteiger partial charge is 0.338 e. The van der Waals surface area contributed by atoms with Crippen molar-refractivity contribution < 1.29 is 13.2 Å².